The van der Waals surface area contributed by atoms with Crippen molar-refractivity contribution in [2.45, 2.75) is 32.7 Å². The fourth-order valence-corrected chi connectivity index (χ4v) is 1.93. The van der Waals surface area contributed by atoms with Crippen molar-refractivity contribution in [2.75, 3.05) is 19.7 Å². The van der Waals surface area contributed by atoms with Gasteiger partial charge in [0.1, 0.15) is 0 Å². The fraction of sp³-hybridized carbons (Fsp3) is 0.750. The van der Waals surface area contributed by atoms with Gasteiger partial charge in [0.2, 0.25) is 0 Å². The highest BCUT2D eigenvalue weighted by atomic mass is 35.5. The highest BCUT2D eigenvalue weighted by molar-refractivity contribution is 5.85. The Balaban J connectivity index is 0.00000144. The second-order valence-corrected chi connectivity index (χ2v) is 4.46. The predicted octanol–water partition coefficient (Wildman–Crippen LogP) is 2.09. The van der Waals surface area contributed by atoms with Crippen molar-refractivity contribution < 1.29 is 4.74 Å². The van der Waals surface area contributed by atoms with Crippen LogP contribution >= 0.6 is 12.4 Å². The summed E-state index contributed by atoms with van der Waals surface area (Å²) in [5, 5.41) is 7.62. The standard InChI is InChI=1S/C12H21N3O.ClH/c1-2-3-6-15-9-12(8-14-15)16-10-11-4-5-13-7-11;/h8-9,11,13H,2-7,10H2,1H3;1H. The van der Waals surface area contributed by atoms with E-state index >= 15 is 0 Å². The fourth-order valence-electron chi connectivity index (χ4n) is 1.93. The molecule has 2 heterocycles. The monoisotopic (exact) mass is 259 g/mol. The Morgan fingerprint density at radius 1 is 1.59 bits per heavy atom. The molecule has 1 aliphatic heterocycles. The van der Waals surface area contributed by atoms with Gasteiger partial charge >= 0.3 is 0 Å². The van der Waals surface area contributed by atoms with Gasteiger partial charge in [0.05, 0.1) is 19.0 Å². The van der Waals surface area contributed by atoms with E-state index in [-0.39, 0.29) is 12.4 Å². The summed E-state index contributed by atoms with van der Waals surface area (Å²) in [7, 11) is 0. The van der Waals surface area contributed by atoms with Crippen molar-refractivity contribution in [3.05, 3.63) is 12.4 Å². The van der Waals surface area contributed by atoms with Crippen LogP contribution in [0.15, 0.2) is 12.4 Å². The highest BCUT2D eigenvalue weighted by Crippen LogP contribution is 2.13. The minimum Gasteiger partial charge on any atom is -0.490 e. The summed E-state index contributed by atoms with van der Waals surface area (Å²) in [4.78, 5) is 0. The lowest BCUT2D eigenvalue weighted by Gasteiger charge is -2.08. The first kappa shape index (κ1) is 14.3. The third kappa shape index (κ3) is 4.56. The Hall–Kier alpha value is -0.740. The van der Waals surface area contributed by atoms with Gasteiger partial charge in [-0.1, -0.05) is 13.3 Å². The number of hydrogen-bond donors (Lipinski definition) is 1. The lowest BCUT2D eigenvalue weighted by atomic mass is 10.1. The molecule has 98 valence electrons. The van der Waals surface area contributed by atoms with Gasteiger partial charge in [0.25, 0.3) is 0 Å². The third-order valence-electron chi connectivity index (χ3n) is 3.00. The molecule has 1 N–H and O–H groups in total. The van der Waals surface area contributed by atoms with Crippen LogP contribution in [0.25, 0.3) is 0 Å². The molecule has 17 heavy (non-hydrogen) atoms. The summed E-state index contributed by atoms with van der Waals surface area (Å²) < 4.78 is 7.69. The number of rotatable bonds is 6. The molecule has 0 aromatic carbocycles. The van der Waals surface area contributed by atoms with E-state index in [2.05, 4.69) is 17.3 Å². The summed E-state index contributed by atoms with van der Waals surface area (Å²) in [5.41, 5.74) is 0. The minimum atomic E-state index is 0. The minimum absolute atomic E-state index is 0. The average Bonchev–Trinajstić information content (AvgIpc) is 2.95. The van der Waals surface area contributed by atoms with Crippen molar-refractivity contribution in [1.82, 2.24) is 15.1 Å². The smallest absolute Gasteiger partial charge is 0.157 e. The number of hydrogen-bond acceptors (Lipinski definition) is 3. The molecule has 1 unspecified atom stereocenters. The number of aromatic nitrogens is 2. The quantitative estimate of drug-likeness (QED) is 0.850. The Morgan fingerprint density at radius 2 is 2.47 bits per heavy atom. The van der Waals surface area contributed by atoms with Crippen molar-refractivity contribution >= 4 is 12.4 Å². The number of nitrogens with one attached hydrogen (secondary N) is 1. The number of unbranched alkanes of at least 4 members (excludes halogenated alkanes) is 1. The zero-order valence-corrected chi connectivity index (χ0v) is 11.2. The van der Waals surface area contributed by atoms with E-state index in [1.54, 1.807) is 0 Å². The number of ether oxygens (including phenoxy) is 1. The Labute approximate surface area is 109 Å². The molecule has 0 amide bonds. The molecule has 0 saturated carbocycles. The normalized spacial score (nSPS) is 19.0. The van der Waals surface area contributed by atoms with Crippen LogP contribution in [0, 0.1) is 5.92 Å². The van der Waals surface area contributed by atoms with Crippen LogP contribution in [0.1, 0.15) is 26.2 Å². The van der Waals surface area contributed by atoms with E-state index in [1.807, 2.05) is 17.1 Å². The van der Waals surface area contributed by atoms with Gasteiger partial charge in [-0.25, -0.2) is 0 Å². The van der Waals surface area contributed by atoms with E-state index in [4.69, 9.17) is 4.74 Å². The zero-order valence-electron chi connectivity index (χ0n) is 10.4. The molecule has 1 aliphatic rings. The maximum atomic E-state index is 5.73. The molecule has 0 spiro atoms. The molecular weight excluding hydrogens is 238 g/mol. The van der Waals surface area contributed by atoms with Crippen LogP contribution in [0.4, 0.5) is 0 Å². The molecule has 4 nitrogen and oxygen atoms in total. The Bertz CT molecular complexity index is 310. The van der Waals surface area contributed by atoms with E-state index in [0.717, 1.165) is 32.0 Å². The van der Waals surface area contributed by atoms with E-state index in [0.29, 0.717) is 5.92 Å². The van der Waals surface area contributed by atoms with Crippen LogP contribution in [-0.4, -0.2) is 29.5 Å². The Kier molecular flexibility index (Phi) is 6.37. The summed E-state index contributed by atoms with van der Waals surface area (Å²) in [5.74, 6) is 1.57. The van der Waals surface area contributed by atoms with Gasteiger partial charge in [-0.05, 0) is 19.4 Å². The van der Waals surface area contributed by atoms with Crippen molar-refractivity contribution in [3.8, 4) is 5.75 Å². The third-order valence-corrected chi connectivity index (χ3v) is 3.00. The van der Waals surface area contributed by atoms with E-state index in [1.165, 1.54) is 19.3 Å². The second-order valence-electron chi connectivity index (χ2n) is 4.46. The van der Waals surface area contributed by atoms with Gasteiger partial charge in [-0.3, -0.25) is 4.68 Å². The maximum absolute atomic E-state index is 5.73. The lowest BCUT2D eigenvalue weighted by Crippen LogP contribution is -2.15. The van der Waals surface area contributed by atoms with Crippen LogP contribution in [0.5, 0.6) is 5.75 Å². The first-order valence-corrected chi connectivity index (χ1v) is 6.24. The van der Waals surface area contributed by atoms with E-state index in [9.17, 15) is 0 Å². The zero-order chi connectivity index (χ0) is 11.2. The van der Waals surface area contributed by atoms with Gasteiger partial charge < -0.3 is 10.1 Å². The average molecular weight is 260 g/mol. The summed E-state index contributed by atoms with van der Waals surface area (Å²) >= 11 is 0. The Morgan fingerprint density at radius 3 is 3.18 bits per heavy atom. The molecule has 5 heteroatoms. The molecule has 1 fully saturated rings. The second kappa shape index (κ2) is 7.56. The molecule has 0 radical (unpaired) electrons. The highest BCUT2D eigenvalue weighted by Gasteiger charge is 2.15. The summed E-state index contributed by atoms with van der Waals surface area (Å²) in [6, 6.07) is 0. The molecule has 0 aliphatic carbocycles. The first-order chi connectivity index (χ1) is 7.88. The summed E-state index contributed by atoms with van der Waals surface area (Å²) in [6.07, 6.45) is 7.41. The first-order valence-electron chi connectivity index (χ1n) is 6.24. The number of aryl methyl sites for hydroxylation is 1. The largest absolute Gasteiger partial charge is 0.490 e. The topological polar surface area (TPSA) is 39.1 Å². The van der Waals surface area contributed by atoms with Crippen molar-refractivity contribution in [1.29, 1.82) is 0 Å². The van der Waals surface area contributed by atoms with Crippen LogP contribution in [-0.2, 0) is 6.54 Å². The molecule has 1 aromatic rings. The maximum Gasteiger partial charge on any atom is 0.157 e. The van der Waals surface area contributed by atoms with Crippen molar-refractivity contribution in [3.63, 3.8) is 0 Å². The molecule has 1 saturated heterocycles. The predicted molar refractivity (Wildman–Crippen MR) is 70.9 cm³/mol. The van der Waals surface area contributed by atoms with E-state index < -0.39 is 0 Å². The SMILES string of the molecule is CCCCn1cc(OCC2CCNC2)cn1.Cl. The lowest BCUT2D eigenvalue weighted by molar-refractivity contribution is 0.259. The number of halogens is 1. The molecule has 0 bridgehead atoms. The van der Waals surface area contributed by atoms with Crippen LogP contribution < -0.4 is 10.1 Å². The van der Waals surface area contributed by atoms with Gasteiger partial charge in [0.15, 0.2) is 5.75 Å². The molecule has 1 atom stereocenters. The summed E-state index contributed by atoms with van der Waals surface area (Å²) in [6.45, 7) is 6.21. The van der Waals surface area contributed by atoms with Gasteiger partial charge in [-0.15, -0.1) is 12.4 Å². The molecule has 1 aromatic heterocycles. The molecular formula is C12H22ClN3O. The van der Waals surface area contributed by atoms with Crippen molar-refractivity contribution in [2.24, 2.45) is 5.92 Å². The number of nitrogens with zero attached hydrogens (tertiary/aromatic N) is 2. The van der Waals surface area contributed by atoms with Crippen LogP contribution in [0.2, 0.25) is 0 Å². The van der Waals surface area contributed by atoms with Crippen LogP contribution in [0.3, 0.4) is 0 Å². The van der Waals surface area contributed by atoms with Gasteiger partial charge in [-0.2, -0.15) is 5.10 Å². The van der Waals surface area contributed by atoms with Gasteiger partial charge in [0, 0.05) is 19.0 Å². The molecule has 2 rings (SSSR count).